The van der Waals surface area contributed by atoms with Gasteiger partial charge >= 0.3 is 0 Å². The van der Waals surface area contributed by atoms with Gasteiger partial charge in [-0.3, -0.25) is 19.2 Å². The van der Waals surface area contributed by atoms with Crippen LogP contribution in [0.5, 0.6) is 0 Å². The van der Waals surface area contributed by atoms with Crippen LogP contribution in [0, 0.1) is 11.3 Å². The molecule has 44 heavy (non-hydrogen) atoms. The maximum Gasteiger partial charge on any atom is 0.243 e. The molecule has 0 aliphatic carbocycles. The van der Waals surface area contributed by atoms with Gasteiger partial charge in [-0.25, -0.2) is 0 Å². The molecule has 0 saturated heterocycles. The monoisotopic (exact) mass is 607 g/mol. The lowest BCUT2D eigenvalue weighted by Crippen LogP contribution is -2.55. The second-order valence-electron chi connectivity index (χ2n) is 13.3. The summed E-state index contributed by atoms with van der Waals surface area (Å²) in [5, 5.41) is 15.0. The molecule has 9 nitrogen and oxygen atoms in total. The Morgan fingerprint density at radius 2 is 1.23 bits per heavy atom. The maximum atomic E-state index is 13.8. The van der Waals surface area contributed by atoms with Gasteiger partial charge < -0.3 is 26.6 Å². The lowest BCUT2D eigenvalue weighted by Gasteiger charge is -2.36. The third kappa shape index (κ3) is 13.7. The molecule has 0 spiro atoms. The van der Waals surface area contributed by atoms with E-state index in [1.807, 2.05) is 109 Å². The highest BCUT2D eigenvalue weighted by Crippen LogP contribution is 2.31. The lowest BCUT2D eigenvalue weighted by molar-refractivity contribution is -0.132. The van der Waals surface area contributed by atoms with Gasteiger partial charge in [0.2, 0.25) is 23.6 Å². The molecule has 0 radical (unpaired) electrons. The number of hydrogen-bond donors (Lipinski definition) is 5. The Balaban J connectivity index is 2.20. The Hall–Kier alpha value is -3.72. The van der Waals surface area contributed by atoms with Crippen molar-refractivity contribution in [3.8, 4) is 0 Å². The first kappa shape index (κ1) is 36.5. The molecule has 0 aliphatic rings. The molecular weight excluding hydrogens is 554 g/mol. The zero-order chi connectivity index (χ0) is 32.8. The highest BCUT2D eigenvalue weighted by atomic mass is 16.2. The van der Waals surface area contributed by atoms with Crippen LogP contribution in [0.2, 0.25) is 0 Å². The fraction of sp³-hybridized carbons (Fsp3) is 0.543. The van der Waals surface area contributed by atoms with Crippen LogP contribution in [-0.4, -0.2) is 60.9 Å². The minimum Gasteiger partial charge on any atom is -0.353 e. The van der Waals surface area contributed by atoms with E-state index in [4.69, 9.17) is 0 Å². The van der Waals surface area contributed by atoms with Gasteiger partial charge in [0.1, 0.15) is 12.1 Å². The van der Waals surface area contributed by atoms with Crippen LogP contribution in [0.3, 0.4) is 0 Å². The minimum absolute atomic E-state index is 0.0365. The molecule has 2 aromatic carbocycles. The van der Waals surface area contributed by atoms with Crippen molar-refractivity contribution in [2.75, 3.05) is 19.6 Å². The molecule has 0 heterocycles. The fourth-order valence-electron chi connectivity index (χ4n) is 5.43. The summed E-state index contributed by atoms with van der Waals surface area (Å²) in [6.45, 7) is 15.4. The first-order valence-electron chi connectivity index (χ1n) is 15.7. The van der Waals surface area contributed by atoms with Crippen LogP contribution in [0.25, 0.3) is 0 Å². The second kappa shape index (κ2) is 17.5. The van der Waals surface area contributed by atoms with Gasteiger partial charge in [-0.2, -0.15) is 0 Å². The molecule has 2 atom stereocenters. The third-order valence-electron chi connectivity index (χ3n) is 7.25. The van der Waals surface area contributed by atoms with Crippen molar-refractivity contribution in [2.45, 2.75) is 91.8 Å². The van der Waals surface area contributed by atoms with Crippen LogP contribution < -0.4 is 26.6 Å². The molecule has 0 fully saturated rings. The predicted molar refractivity (Wildman–Crippen MR) is 176 cm³/mol. The van der Waals surface area contributed by atoms with E-state index in [0.717, 1.165) is 17.7 Å². The van der Waals surface area contributed by atoms with Gasteiger partial charge in [0, 0.05) is 43.8 Å². The Morgan fingerprint density at radius 3 is 1.73 bits per heavy atom. The third-order valence-corrected chi connectivity index (χ3v) is 7.25. The molecule has 0 unspecified atom stereocenters. The summed E-state index contributed by atoms with van der Waals surface area (Å²) in [4.78, 5) is 52.8. The zero-order valence-electron chi connectivity index (χ0n) is 27.6. The number of amides is 4. The summed E-state index contributed by atoms with van der Waals surface area (Å²) in [5.74, 6) is -1.15. The highest BCUT2D eigenvalue weighted by molar-refractivity contribution is 5.92. The Bertz CT molecular complexity index is 1200. The smallest absolute Gasteiger partial charge is 0.243 e. The number of rotatable bonds is 18. The standard InChI is InChI=1S/C35H53N5O4/c1-8-36-19-20-37-32(43)28(21-26-15-11-9-12-16-26)39-33(44)29(22-27-17-13-10-14-18-27)38-30(41)23-34(4,5)24-35(6,7)40-31(42)25(2)3/h9-18,25,28-29,36H,8,19-24H2,1-7H3,(H,37,43)(H,38,41)(H,39,44)(H,40,42)/t28-,29-/m0/s1. The molecule has 2 aromatic rings. The van der Waals surface area contributed by atoms with E-state index in [2.05, 4.69) is 26.6 Å². The summed E-state index contributed by atoms with van der Waals surface area (Å²) in [7, 11) is 0. The van der Waals surface area contributed by atoms with Crippen LogP contribution in [0.4, 0.5) is 0 Å². The van der Waals surface area contributed by atoms with E-state index in [0.29, 0.717) is 25.9 Å². The summed E-state index contributed by atoms with van der Waals surface area (Å²) in [6.07, 6.45) is 1.31. The van der Waals surface area contributed by atoms with Gasteiger partial charge in [-0.05, 0) is 43.4 Å². The van der Waals surface area contributed by atoms with Gasteiger partial charge in [0.05, 0.1) is 0 Å². The molecule has 0 bridgehead atoms. The molecular formula is C35H53N5O4. The molecule has 9 heteroatoms. The minimum atomic E-state index is -0.887. The van der Waals surface area contributed by atoms with Gasteiger partial charge in [0.25, 0.3) is 0 Å². The van der Waals surface area contributed by atoms with Gasteiger partial charge in [-0.15, -0.1) is 0 Å². The summed E-state index contributed by atoms with van der Waals surface area (Å²) in [6, 6.07) is 17.3. The van der Waals surface area contributed by atoms with E-state index < -0.39 is 28.9 Å². The summed E-state index contributed by atoms with van der Waals surface area (Å²) >= 11 is 0. The Labute approximate surface area is 263 Å². The predicted octanol–water partition coefficient (Wildman–Crippen LogP) is 3.52. The van der Waals surface area contributed by atoms with Crippen molar-refractivity contribution < 1.29 is 19.2 Å². The first-order valence-corrected chi connectivity index (χ1v) is 15.7. The SMILES string of the molecule is CCNCCNC(=O)[C@H](Cc1ccccc1)NC(=O)[C@H](Cc1ccccc1)NC(=O)CC(C)(C)CC(C)(C)NC(=O)C(C)C. The Kier molecular flexibility index (Phi) is 14.5. The maximum absolute atomic E-state index is 13.8. The number of likely N-dealkylation sites (N-methyl/N-ethyl adjacent to an activating group) is 1. The summed E-state index contributed by atoms with van der Waals surface area (Å²) in [5.41, 5.74) is 0.821. The van der Waals surface area contributed by atoms with E-state index in [9.17, 15) is 19.2 Å². The molecule has 0 aromatic heterocycles. The van der Waals surface area contributed by atoms with Crippen molar-refractivity contribution in [3.63, 3.8) is 0 Å². The number of benzene rings is 2. The van der Waals surface area contributed by atoms with Gasteiger partial charge in [0.15, 0.2) is 0 Å². The molecule has 0 saturated carbocycles. The molecule has 242 valence electrons. The quantitative estimate of drug-likeness (QED) is 0.166. The van der Waals surface area contributed by atoms with Crippen molar-refractivity contribution in [1.29, 1.82) is 0 Å². The second-order valence-corrected chi connectivity index (χ2v) is 13.3. The molecule has 2 rings (SSSR count). The number of nitrogens with one attached hydrogen (secondary N) is 5. The topological polar surface area (TPSA) is 128 Å². The van der Waals surface area contributed by atoms with Crippen molar-refractivity contribution in [3.05, 3.63) is 71.8 Å². The van der Waals surface area contributed by atoms with E-state index in [1.165, 1.54) is 0 Å². The molecule has 0 aliphatic heterocycles. The Morgan fingerprint density at radius 1 is 0.705 bits per heavy atom. The van der Waals surface area contributed by atoms with E-state index in [1.54, 1.807) is 0 Å². The molecule has 5 N–H and O–H groups in total. The van der Waals surface area contributed by atoms with Crippen molar-refractivity contribution in [2.24, 2.45) is 11.3 Å². The van der Waals surface area contributed by atoms with Gasteiger partial charge in [-0.1, -0.05) is 95.3 Å². The van der Waals surface area contributed by atoms with Crippen molar-refractivity contribution >= 4 is 23.6 Å². The van der Waals surface area contributed by atoms with Crippen LogP contribution in [0.1, 0.15) is 72.4 Å². The molecule has 4 amide bonds. The lowest BCUT2D eigenvalue weighted by atomic mass is 9.77. The van der Waals surface area contributed by atoms with Crippen molar-refractivity contribution in [1.82, 2.24) is 26.6 Å². The van der Waals surface area contributed by atoms with E-state index >= 15 is 0 Å². The highest BCUT2D eigenvalue weighted by Gasteiger charge is 2.34. The number of carbonyl (C=O) groups excluding carboxylic acids is 4. The fourth-order valence-corrected chi connectivity index (χ4v) is 5.43. The number of hydrogen-bond acceptors (Lipinski definition) is 5. The first-order chi connectivity index (χ1) is 20.7. The largest absolute Gasteiger partial charge is 0.353 e. The van der Waals surface area contributed by atoms with Crippen LogP contribution >= 0.6 is 0 Å². The zero-order valence-corrected chi connectivity index (χ0v) is 27.6. The van der Waals surface area contributed by atoms with E-state index in [-0.39, 0.29) is 36.5 Å². The number of carbonyl (C=O) groups is 4. The summed E-state index contributed by atoms with van der Waals surface area (Å²) < 4.78 is 0. The van der Waals surface area contributed by atoms with Crippen LogP contribution in [0.15, 0.2) is 60.7 Å². The van der Waals surface area contributed by atoms with Crippen LogP contribution in [-0.2, 0) is 32.0 Å². The average Bonchev–Trinajstić information content (AvgIpc) is 2.94. The normalized spacial score (nSPS) is 13.1. The average molecular weight is 608 g/mol.